The lowest BCUT2D eigenvalue weighted by Gasteiger charge is -2.27. The third-order valence-electron chi connectivity index (χ3n) is 4.43. The topological polar surface area (TPSA) is 82.1 Å². The third kappa shape index (κ3) is 3.02. The quantitative estimate of drug-likeness (QED) is 0.774. The monoisotopic (exact) mass is 355 g/mol. The van der Waals surface area contributed by atoms with Gasteiger partial charge in [0.2, 0.25) is 0 Å². The predicted molar refractivity (Wildman–Crippen MR) is 96.6 cm³/mol. The molecule has 0 bridgehead atoms. The molecule has 0 fully saturated rings. The minimum absolute atomic E-state index is 0. The van der Waals surface area contributed by atoms with Gasteiger partial charge in [-0.25, -0.2) is 0 Å². The van der Waals surface area contributed by atoms with E-state index in [1.54, 1.807) is 12.5 Å². The second kappa shape index (κ2) is 7.05. The molecule has 0 spiro atoms. The third-order valence-corrected chi connectivity index (χ3v) is 4.43. The fourth-order valence-corrected chi connectivity index (χ4v) is 3.23. The summed E-state index contributed by atoms with van der Waals surface area (Å²) in [6.07, 6.45) is 6.07. The Balaban J connectivity index is 0.00000182. The largest absolute Gasteiger partial charge is 0.366 e. The minimum Gasteiger partial charge on any atom is -0.366 e. The molecule has 0 unspecified atom stereocenters. The summed E-state index contributed by atoms with van der Waals surface area (Å²) in [6.45, 7) is 2.32. The smallest absolute Gasteiger partial charge is 0.167 e. The van der Waals surface area contributed by atoms with E-state index in [0.29, 0.717) is 12.1 Å². The van der Waals surface area contributed by atoms with Crippen molar-refractivity contribution in [3.63, 3.8) is 0 Å². The van der Waals surface area contributed by atoms with Gasteiger partial charge in [0.05, 0.1) is 5.56 Å². The van der Waals surface area contributed by atoms with Crippen molar-refractivity contribution in [1.29, 1.82) is 5.26 Å². The standard InChI is InChI=1S/C17H17N7.ClH/c1-23-6-4-13-14(7-18)16(20-9-12-3-2-5-19-8-12)24-11-21-22-17(24)15(13)10-23;/h2-3,5,8,11,20H,4,6,9-10H2,1H3;1H. The lowest BCUT2D eigenvalue weighted by Crippen LogP contribution is -2.28. The number of likely N-dealkylation sites (N-methyl/N-ethyl adjacent to an activating group) is 1. The normalized spacial score (nSPS) is 13.8. The molecule has 0 saturated heterocycles. The van der Waals surface area contributed by atoms with Crippen LogP contribution in [0, 0.1) is 11.3 Å². The van der Waals surface area contributed by atoms with Crippen molar-refractivity contribution in [1.82, 2.24) is 24.5 Å². The lowest BCUT2D eigenvalue weighted by molar-refractivity contribution is 0.313. The van der Waals surface area contributed by atoms with Crippen molar-refractivity contribution >= 4 is 23.9 Å². The van der Waals surface area contributed by atoms with Gasteiger partial charge in [0.15, 0.2) is 5.65 Å². The van der Waals surface area contributed by atoms with Crippen LogP contribution in [0.4, 0.5) is 5.82 Å². The minimum atomic E-state index is 0. The predicted octanol–water partition coefficient (Wildman–Crippen LogP) is 2.02. The van der Waals surface area contributed by atoms with Crippen molar-refractivity contribution in [3.8, 4) is 6.07 Å². The van der Waals surface area contributed by atoms with Gasteiger partial charge in [0, 0.05) is 37.6 Å². The Morgan fingerprint density at radius 1 is 1.36 bits per heavy atom. The summed E-state index contributed by atoms with van der Waals surface area (Å²) in [4.78, 5) is 6.37. The van der Waals surface area contributed by atoms with E-state index in [4.69, 9.17) is 0 Å². The molecule has 25 heavy (non-hydrogen) atoms. The molecule has 8 heteroatoms. The van der Waals surface area contributed by atoms with Gasteiger partial charge in [-0.3, -0.25) is 9.38 Å². The summed E-state index contributed by atoms with van der Waals surface area (Å²) in [5, 5.41) is 21.5. The number of halogens is 1. The lowest BCUT2D eigenvalue weighted by atomic mass is 9.96. The van der Waals surface area contributed by atoms with E-state index in [9.17, 15) is 5.26 Å². The molecule has 0 amide bonds. The second-order valence-corrected chi connectivity index (χ2v) is 6.02. The summed E-state index contributed by atoms with van der Waals surface area (Å²) in [6, 6.07) is 6.29. The average Bonchev–Trinajstić information content (AvgIpc) is 3.10. The van der Waals surface area contributed by atoms with Gasteiger partial charge in [-0.1, -0.05) is 6.07 Å². The highest BCUT2D eigenvalue weighted by molar-refractivity contribution is 5.85. The van der Waals surface area contributed by atoms with Crippen molar-refractivity contribution in [2.24, 2.45) is 0 Å². The molecule has 3 aromatic heterocycles. The Kier molecular flexibility index (Phi) is 4.83. The van der Waals surface area contributed by atoms with E-state index < -0.39 is 0 Å². The van der Waals surface area contributed by atoms with Gasteiger partial charge in [0.25, 0.3) is 0 Å². The summed E-state index contributed by atoms with van der Waals surface area (Å²) >= 11 is 0. The van der Waals surface area contributed by atoms with Crippen LogP contribution in [0.5, 0.6) is 0 Å². The molecule has 3 aromatic rings. The number of rotatable bonds is 3. The highest BCUT2D eigenvalue weighted by Gasteiger charge is 2.24. The summed E-state index contributed by atoms with van der Waals surface area (Å²) in [5.74, 6) is 0.754. The zero-order valence-corrected chi connectivity index (χ0v) is 14.6. The van der Waals surface area contributed by atoms with Gasteiger partial charge in [-0.15, -0.1) is 22.6 Å². The number of fused-ring (bicyclic) bond motifs is 3. The maximum absolute atomic E-state index is 9.76. The van der Waals surface area contributed by atoms with Crippen LogP contribution in [0.3, 0.4) is 0 Å². The number of hydrogen-bond donors (Lipinski definition) is 1. The first-order valence-corrected chi connectivity index (χ1v) is 7.87. The van der Waals surface area contributed by atoms with Gasteiger partial charge in [-0.2, -0.15) is 5.26 Å². The van der Waals surface area contributed by atoms with Crippen LogP contribution in [0.1, 0.15) is 22.3 Å². The van der Waals surface area contributed by atoms with E-state index in [1.807, 2.05) is 22.7 Å². The summed E-state index contributed by atoms with van der Waals surface area (Å²) in [5.41, 5.74) is 4.76. The Bertz CT molecular complexity index is 930. The molecule has 0 saturated carbocycles. The number of nitrogens with one attached hydrogen (secondary N) is 1. The molecule has 7 nitrogen and oxygen atoms in total. The van der Waals surface area contributed by atoms with Crippen LogP contribution >= 0.6 is 12.4 Å². The van der Waals surface area contributed by atoms with Crippen LogP contribution in [0.2, 0.25) is 0 Å². The van der Waals surface area contributed by atoms with Crippen molar-refractivity contribution in [3.05, 3.63) is 53.1 Å². The maximum Gasteiger partial charge on any atom is 0.167 e. The first-order valence-electron chi connectivity index (χ1n) is 7.87. The summed E-state index contributed by atoms with van der Waals surface area (Å²) in [7, 11) is 2.08. The zero-order chi connectivity index (χ0) is 16.5. The molecule has 128 valence electrons. The Hall–Kier alpha value is -2.69. The first kappa shape index (κ1) is 17.1. The van der Waals surface area contributed by atoms with Crippen molar-refractivity contribution in [2.75, 3.05) is 18.9 Å². The van der Waals surface area contributed by atoms with E-state index in [2.05, 4.69) is 38.5 Å². The Morgan fingerprint density at radius 3 is 3.00 bits per heavy atom. The Morgan fingerprint density at radius 2 is 2.24 bits per heavy atom. The molecule has 1 aliphatic heterocycles. The van der Waals surface area contributed by atoms with Crippen LogP contribution in [0.15, 0.2) is 30.9 Å². The van der Waals surface area contributed by atoms with E-state index >= 15 is 0 Å². The van der Waals surface area contributed by atoms with Crippen molar-refractivity contribution < 1.29 is 0 Å². The maximum atomic E-state index is 9.76. The molecule has 0 atom stereocenters. The van der Waals surface area contributed by atoms with Crippen LogP contribution in [0.25, 0.3) is 5.65 Å². The molecule has 0 aliphatic carbocycles. The van der Waals surface area contributed by atoms with Gasteiger partial charge >= 0.3 is 0 Å². The number of nitriles is 1. The second-order valence-electron chi connectivity index (χ2n) is 6.02. The fourth-order valence-electron chi connectivity index (χ4n) is 3.23. The van der Waals surface area contributed by atoms with Gasteiger partial charge in [0.1, 0.15) is 18.2 Å². The molecule has 0 radical (unpaired) electrons. The number of anilines is 1. The molecule has 4 rings (SSSR count). The average molecular weight is 356 g/mol. The number of aromatic nitrogens is 4. The molecule has 4 heterocycles. The van der Waals surface area contributed by atoms with Crippen LogP contribution in [-0.2, 0) is 19.5 Å². The van der Waals surface area contributed by atoms with E-state index in [1.165, 1.54) is 0 Å². The molecular weight excluding hydrogens is 338 g/mol. The fraction of sp³-hybridized carbons (Fsp3) is 0.294. The van der Waals surface area contributed by atoms with Crippen LogP contribution in [-0.4, -0.2) is 38.1 Å². The van der Waals surface area contributed by atoms with E-state index in [-0.39, 0.29) is 12.4 Å². The van der Waals surface area contributed by atoms with E-state index in [0.717, 1.165) is 47.7 Å². The SMILES string of the molecule is CN1CCc2c(C#N)c(NCc3cccnc3)n3cnnc3c2C1.Cl. The number of nitrogens with zero attached hydrogens (tertiary/aromatic N) is 6. The zero-order valence-electron chi connectivity index (χ0n) is 13.8. The molecule has 0 aromatic carbocycles. The van der Waals surface area contributed by atoms with Crippen LogP contribution < -0.4 is 5.32 Å². The number of pyridine rings is 2. The Labute approximate surface area is 151 Å². The van der Waals surface area contributed by atoms with Gasteiger partial charge in [-0.05, 0) is 30.7 Å². The van der Waals surface area contributed by atoms with Gasteiger partial charge < -0.3 is 10.2 Å². The number of hydrogen-bond acceptors (Lipinski definition) is 6. The molecule has 1 N–H and O–H groups in total. The highest BCUT2D eigenvalue weighted by atomic mass is 35.5. The first-order chi connectivity index (χ1) is 11.8. The van der Waals surface area contributed by atoms with Crippen molar-refractivity contribution in [2.45, 2.75) is 19.5 Å². The highest BCUT2D eigenvalue weighted by Crippen LogP contribution is 2.30. The molecular formula is C17H18ClN7. The molecule has 1 aliphatic rings. The summed E-state index contributed by atoms with van der Waals surface area (Å²) < 4.78 is 1.88.